The van der Waals surface area contributed by atoms with E-state index in [1.807, 2.05) is 0 Å². The molecule has 0 spiro atoms. The van der Waals surface area contributed by atoms with Gasteiger partial charge in [0, 0.05) is 0 Å². The predicted molar refractivity (Wildman–Crippen MR) is 78.8 cm³/mol. The minimum absolute atomic E-state index is 0.984. The first kappa shape index (κ1) is 16.5. The van der Waals surface area contributed by atoms with Crippen LogP contribution >= 0.6 is 0 Å². The van der Waals surface area contributed by atoms with E-state index in [1.165, 1.54) is 0 Å². The van der Waals surface area contributed by atoms with Gasteiger partial charge < -0.3 is 8.23 Å². The molecule has 0 N–H and O–H groups in total. The van der Waals surface area contributed by atoms with Gasteiger partial charge in [0.05, 0.1) is 0 Å². The van der Waals surface area contributed by atoms with Crippen LogP contribution in [0.4, 0.5) is 0 Å². The Labute approximate surface area is 105 Å². The molecule has 0 aromatic heterocycles. The van der Waals surface area contributed by atoms with Gasteiger partial charge in [-0.15, -0.1) is 0 Å². The molecule has 0 atom stereocenters. The van der Waals surface area contributed by atoms with Crippen LogP contribution in [-0.4, -0.2) is 43.5 Å². The van der Waals surface area contributed by atoms with Crippen molar-refractivity contribution in [3.05, 3.63) is 0 Å². The van der Waals surface area contributed by atoms with Crippen LogP contribution in [-0.2, 0) is 8.23 Å². The number of nitrogens with zero attached hydrogens (tertiary/aromatic N) is 1. The van der Waals surface area contributed by atoms with E-state index >= 15 is 0 Å². The highest BCUT2D eigenvalue weighted by Gasteiger charge is 2.43. The lowest BCUT2D eigenvalue weighted by Crippen LogP contribution is -2.62. The molecule has 0 fully saturated rings. The Balaban J connectivity index is 4.90. The summed E-state index contributed by atoms with van der Waals surface area (Å²) in [6.45, 7) is 18.7. The summed E-state index contributed by atoms with van der Waals surface area (Å²) in [5.74, 6) is 0. The molecule has 0 aromatic rings. The highest BCUT2D eigenvalue weighted by Crippen LogP contribution is 2.22. The van der Waals surface area contributed by atoms with Crippen LogP contribution in [0.15, 0.2) is 0 Å². The zero-order valence-corrected chi connectivity index (χ0v) is 15.5. The fourth-order valence-electron chi connectivity index (χ4n) is 1.60. The topological polar surface area (TPSA) is 21.7 Å². The van der Waals surface area contributed by atoms with E-state index in [0.29, 0.717) is 0 Å². The summed E-state index contributed by atoms with van der Waals surface area (Å²) >= 11 is 0. The van der Waals surface area contributed by atoms with Crippen LogP contribution in [0.2, 0.25) is 45.8 Å². The fraction of sp³-hybridized carbons (Fsp3) is 1.00. The minimum atomic E-state index is -2.17. The van der Waals surface area contributed by atoms with Gasteiger partial charge in [-0.2, -0.15) is 0 Å². The number of hydrogen-bond acceptors (Lipinski definition) is 3. The molecule has 0 radical (unpaired) electrons. The van der Waals surface area contributed by atoms with Gasteiger partial charge in [-0.05, 0) is 59.4 Å². The fourth-order valence-corrected chi connectivity index (χ4v) is 13.1. The lowest BCUT2D eigenvalue weighted by atomic mass is 10.8. The average Bonchev–Trinajstić information content (AvgIpc) is 1.95. The standard InChI is InChI=1S/C10H29NO2Si3/c1-10-11(2)16(9,12-14(3,4)5)13-15(6,7)8/h10H2,1-9H3. The van der Waals surface area contributed by atoms with Crippen molar-refractivity contribution in [2.75, 3.05) is 13.6 Å². The quantitative estimate of drug-likeness (QED) is 0.697. The van der Waals surface area contributed by atoms with Crippen molar-refractivity contribution in [3.8, 4) is 0 Å². The van der Waals surface area contributed by atoms with Gasteiger partial charge in [0.25, 0.3) is 0 Å². The first-order chi connectivity index (χ1) is 6.90. The molecule has 0 bridgehead atoms. The summed E-state index contributed by atoms with van der Waals surface area (Å²) in [4.78, 5) is 0. The van der Waals surface area contributed by atoms with Crippen LogP contribution in [0.5, 0.6) is 0 Å². The Morgan fingerprint density at radius 2 is 1.12 bits per heavy atom. The Morgan fingerprint density at radius 3 is 1.31 bits per heavy atom. The molecule has 98 valence electrons. The highest BCUT2D eigenvalue weighted by atomic mass is 28.5. The van der Waals surface area contributed by atoms with Gasteiger partial charge in [0.15, 0.2) is 16.6 Å². The van der Waals surface area contributed by atoms with Crippen LogP contribution in [0.1, 0.15) is 6.92 Å². The first-order valence-corrected chi connectivity index (χ1v) is 15.1. The largest absolute Gasteiger partial charge is 0.425 e. The normalized spacial score (nSPS) is 14.6. The van der Waals surface area contributed by atoms with Gasteiger partial charge in [-0.25, -0.2) is 0 Å². The van der Waals surface area contributed by atoms with Crippen molar-refractivity contribution < 1.29 is 8.23 Å². The third kappa shape index (κ3) is 6.31. The third-order valence-electron chi connectivity index (χ3n) is 2.16. The Hall–Kier alpha value is 0.531. The molecule has 0 aliphatic rings. The smallest absolute Gasteiger partial charge is 0.403 e. The van der Waals surface area contributed by atoms with E-state index in [1.54, 1.807) is 0 Å². The van der Waals surface area contributed by atoms with Crippen LogP contribution < -0.4 is 0 Å². The molecule has 0 unspecified atom stereocenters. The second kappa shape index (κ2) is 5.45. The van der Waals surface area contributed by atoms with E-state index < -0.39 is 25.4 Å². The maximum atomic E-state index is 6.37. The molecular formula is C10H29NO2Si3. The van der Waals surface area contributed by atoms with Gasteiger partial charge in [-0.1, -0.05) is 6.92 Å². The summed E-state index contributed by atoms with van der Waals surface area (Å²) in [5, 5.41) is 0. The SMILES string of the molecule is CCN(C)[Si](C)(O[Si](C)(C)C)O[Si](C)(C)C. The summed E-state index contributed by atoms with van der Waals surface area (Å²) < 4.78 is 15.0. The second-order valence-electron chi connectivity index (χ2n) is 6.34. The molecular weight excluding hydrogens is 250 g/mol. The maximum absolute atomic E-state index is 6.37. The van der Waals surface area contributed by atoms with Crippen LogP contribution in [0.25, 0.3) is 0 Å². The molecule has 0 aliphatic carbocycles. The van der Waals surface area contributed by atoms with Crippen molar-refractivity contribution >= 4 is 25.4 Å². The zero-order valence-electron chi connectivity index (χ0n) is 12.5. The van der Waals surface area contributed by atoms with Gasteiger partial charge in [-0.3, -0.25) is 4.57 Å². The molecule has 0 rings (SSSR count). The Bertz CT molecular complexity index is 207. The van der Waals surface area contributed by atoms with E-state index in [-0.39, 0.29) is 0 Å². The zero-order chi connectivity index (χ0) is 13.2. The Kier molecular flexibility index (Phi) is 5.63. The van der Waals surface area contributed by atoms with Gasteiger partial charge in [0.2, 0.25) is 0 Å². The molecule has 0 aromatic carbocycles. The molecule has 0 saturated carbocycles. The molecule has 0 heterocycles. The van der Waals surface area contributed by atoms with Gasteiger partial charge in [0.1, 0.15) is 0 Å². The Morgan fingerprint density at radius 1 is 0.812 bits per heavy atom. The third-order valence-corrected chi connectivity index (χ3v) is 11.8. The molecule has 0 aliphatic heterocycles. The maximum Gasteiger partial charge on any atom is 0.403 e. The van der Waals surface area contributed by atoms with E-state index in [2.05, 4.69) is 64.4 Å². The van der Waals surface area contributed by atoms with Crippen molar-refractivity contribution in [3.63, 3.8) is 0 Å². The van der Waals surface area contributed by atoms with Crippen molar-refractivity contribution in [1.29, 1.82) is 0 Å². The number of hydrogen-bond donors (Lipinski definition) is 0. The summed E-state index contributed by atoms with van der Waals surface area (Å²) in [6, 6.07) is 0. The summed E-state index contributed by atoms with van der Waals surface area (Å²) in [6.07, 6.45) is 0. The van der Waals surface area contributed by atoms with Gasteiger partial charge >= 0.3 is 8.72 Å². The van der Waals surface area contributed by atoms with Crippen molar-refractivity contribution in [1.82, 2.24) is 4.57 Å². The summed E-state index contributed by atoms with van der Waals surface area (Å²) in [5.41, 5.74) is 0. The van der Waals surface area contributed by atoms with Crippen molar-refractivity contribution in [2.24, 2.45) is 0 Å². The second-order valence-corrected chi connectivity index (χ2v) is 19.0. The lowest BCUT2D eigenvalue weighted by Gasteiger charge is -2.42. The predicted octanol–water partition coefficient (Wildman–Crippen LogP) is 3.21. The van der Waals surface area contributed by atoms with E-state index in [0.717, 1.165) is 6.54 Å². The van der Waals surface area contributed by atoms with Crippen LogP contribution in [0.3, 0.4) is 0 Å². The van der Waals surface area contributed by atoms with E-state index in [4.69, 9.17) is 8.23 Å². The molecule has 6 heteroatoms. The average molecular weight is 280 g/mol. The highest BCUT2D eigenvalue weighted by molar-refractivity contribution is 6.86. The van der Waals surface area contributed by atoms with Crippen molar-refractivity contribution in [2.45, 2.75) is 52.8 Å². The monoisotopic (exact) mass is 279 g/mol. The minimum Gasteiger partial charge on any atom is -0.425 e. The molecule has 16 heavy (non-hydrogen) atoms. The molecule has 0 amide bonds. The summed E-state index contributed by atoms with van der Waals surface area (Å²) in [7, 11) is -3.16. The number of rotatable bonds is 6. The molecule has 0 saturated heterocycles. The lowest BCUT2D eigenvalue weighted by molar-refractivity contribution is 0.284. The first-order valence-electron chi connectivity index (χ1n) is 6.01. The van der Waals surface area contributed by atoms with E-state index in [9.17, 15) is 0 Å². The van der Waals surface area contributed by atoms with Crippen LogP contribution in [0, 0.1) is 0 Å². The molecule has 3 nitrogen and oxygen atoms in total.